The first-order valence-corrected chi connectivity index (χ1v) is 8.08. The van der Waals surface area contributed by atoms with Crippen LogP contribution in [-0.4, -0.2) is 29.4 Å². The molecule has 1 fully saturated rings. The second-order valence-electron chi connectivity index (χ2n) is 5.95. The van der Waals surface area contributed by atoms with Crippen LogP contribution in [0.5, 0.6) is 0 Å². The van der Waals surface area contributed by atoms with Crippen molar-refractivity contribution in [3.05, 3.63) is 54.0 Å². The summed E-state index contributed by atoms with van der Waals surface area (Å²) in [5.41, 5.74) is 1.81. The SMILES string of the molecule is Cc1cccc(NC(=O)N2CCC[C@@H]2C(=O)NCc2ccco2)c1. The molecule has 1 aromatic carbocycles. The van der Waals surface area contributed by atoms with Crippen LogP contribution in [0, 0.1) is 6.92 Å². The summed E-state index contributed by atoms with van der Waals surface area (Å²) in [7, 11) is 0. The minimum Gasteiger partial charge on any atom is -0.467 e. The van der Waals surface area contributed by atoms with Gasteiger partial charge >= 0.3 is 6.03 Å². The van der Waals surface area contributed by atoms with E-state index in [1.165, 1.54) is 0 Å². The summed E-state index contributed by atoms with van der Waals surface area (Å²) >= 11 is 0. The molecule has 2 N–H and O–H groups in total. The normalized spacial score (nSPS) is 16.9. The van der Waals surface area contributed by atoms with Crippen molar-refractivity contribution < 1.29 is 14.0 Å². The van der Waals surface area contributed by atoms with Crippen molar-refractivity contribution in [3.8, 4) is 0 Å². The highest BCUT2D eigenvalue weighted by Crippen LogP contribution is 2.20. The fourth-order valence-electron chi connectivity index (χ4n) is 2.91. The third-order valence-corrected chi connectivity index (χ3v) is 4.10. The standard InChI is InChI=1S/C18H21N3O3/c1-13-5-2-6-14(11-13)20-18(23)21-9-3-8-16(21)17(22)19-12-15-7-4-10-24-15/h2,4-7,10-11,16H,3,8-9,12H2,1H3,(H,19,22)(H,20,23)/t16-/m1/s1. The van der Waals surface area contributed by atoms with Crippen molar-refractivity contribution in [1.29, 1.82) is 0 Å². The monoisotopic (exact) mass is 327 g/mol. The van der Waals surface area contributed by atoms with Gasteiger partial charge in [-0.1, -0.05) is 12.1 Å². The van der Waals surface area contributed by atoms with Gasteiger partial charge in [0, 0.05) is 12.2 Å². The Balaban J connectivity index is 1.59. The number of nitrogens with one attached hydrogen (secondary N) is 2. The number of anilines is 1. The molecule has 0 bridgehead atoms. The first-order valence-electron chi connectivity index (χ1n) is 8.08. The van der Waals surface area contributed by atoms with Gasteiger partial charge in [-0.15, -0.1) is 0 Å². The van der Waals surface area contributed by atoms with Gasteiger partial charge in [0.2, 0.25) is 5.91 Å². The van der Waals surface area contributed by atoms with E-state index in [1.54, 1.807) is 23.3 Å². The summed E-state index contributed by atoms with van der Waals surface area (Å²) in [5, 5.41) is 5.70. The van der Waals surface area contributed by atoms with Crippen LogP contribution in [0.4, 0.5) is 10.5 Å². The number of benzene rings is 1. The van der Waals surface area contributed by atoms with Gasteiger partial charge in [-0.05, 0) is 49.6 Å². The van der Waals surface area contributed by atoms with Gasteiger partial charge in [0.05, 0.1) is 12.8 Å². The maximum absolute atomic E-state index is 12.5. The van der Waals surface area contributed by atoms with Crippen molar-refractivity contribution in [3.63, 3.8) is 0 Å². The smallest absolute Gasteiger partial charge is 0.322 e. The average Bonchev–Trinajstić information content (AvgIpc) is 3.24. The number of hydrogen-bond donors (Lipinski definition) is 2. The molecule has 0 aliphatic carbocycles. The lowest BCUT2D eigenvalue weighted by Crippen LogP contribution is -2.47. The lowest BCUT2D eigenvalue weighted by atomic mass is 10.2. The highest BCUT2D eigenvalue weighted by Gasteiger charge is 2.34. The molecule has 2 aromatic rings. The van der Waals surface area contributed by atoms with E-state index in [2.05, 4.69) is 10.6 Å². The highest BCUT2D eigenvalue weighted by atomic mass is 16.3. The molecule has 1 aromatic heterocycles. The molecule has 1 atom stereocenters. The van der Waals surface area contributed by atoms with Crippen LogP contribution in [0.3, 0.4) is 0 Å². The predicted molar refractivity (Wildman–Crippen MR) is 90.5 cm³/mol. The van der Waals surface area contributed by atoms with E-state index in [1.807, 2.05) is 31.2 Å². The number of nitrogens with zero attached hydrogens (tertiary/aromatic N) is 1. The maximum Gasteiger partial charge on any atom is 0.322 e. The fraction of sp³-hybridized carbons (Fsp3) is 0.333. The first-order chi connectivity index (χ1) is 11.6. The van der Waals surface area contributed by atoms with Crippen LogP contribution in [0.25, 0.3) is 0 Å². The van der Waals surface area contributed by atoms with Gasteiger partial charge < -0.3 is 20.0 Å². The number of rotatable bonds is 4. The molecule has 0 radical (unpaired) electrons. The Bertz CT molecular complexity index is 712. The molecule has 1 aliphatic heterocycles. The van der Waals surface area contributed by atoms with E-state index in [0.29, 0.717) is 25.3 Å². The van der Waals surface area contributed by atoms with Crippen LogP contribution in [0.15, 0.2) is 47.1 Å². The van der Waals surface area contributed by atoms with Crippen LogP contribution in [0.1, 0.15) is 24.2 Å². The molecule has 0 unspecified atom stereocenters. The Morgan fingerprint density at radius 3 is 2.92 bits per heavy atom. The number of hydrogen-bond acceptors (Lipinski definition) is 3. The van der Waals surface area contributed by atoms with E-state index >= 15 is 0 Å². The lowest BCUT2D eigenvalue weighted by Gasteiger charge is -2.24. The van der Waals surface area contributed by atoms with E-state index in [-0.39, 0.29) is 11.9 Å². The van der Waals surface area contributed by atoms with Gasteiger partial charge in [-0.25, -0.2) is 4.79 Å². The zero-order valence-corrected chi connectivity index (χ0v) is 13.6. The third-order valence-electron chi connectivity index (χ3n) is 4.10. The average molecular weight is 327 g/mol. The molecule has 126 valence electrons. The Hall–Kier alpha value is -2.76. The summed E-state index contributed by atoms with van der Waals surface area (Å²) in [4.78, 5) is 26.5. The van der Waals surface area contributed by atoms with E-state index < -0.39 is 6.04 Å². The number of likely N-dealkylation sites (tertiary alicyclic amines) is 1. The number of furan rings is 1. The topological polar surface area (TPSA) is 74.6 Å². The van der Waals surface area contributed by atoms with Crippen molar-refractivity contribution >= 4 is 17.6 Å². The summed E-state index contributed by atoms with van der Waals surface area (Å²) in [5.74, 6) is 0.542. The minimum absolute atomic E-state index is 0.150. The van der Waals surface area contributed by atoms with Crippen molar-refractivity contribution in [2.24, 2.45) is 0 Å². The summed E-state index contributed by atoms with van der Waals surface area (Å²) in [6, 6.07) is 10.5. The van der Waals surface area contributed by atoms with E-state index in [0.717, 1.165) is 17.7 Å². The Kier molecular flexibility index (Phi) is 4.84. The number of carbonyl (C=O) groups excluding carboxylic acids is 2. The van der Waals surface area contributed by atoms with Crippen molar-refractivity contribution in [2.45, 2.75) is 32.4 Å². The van der Waals surface area contributed by atoms with E-state index in [4.69, 9.17) is 4.42 Å². The minimum atomic E-state index is -0.440. The second-order valence-corrected chi connectivity index (χ2v) is 5.95. The van der Waals surface area contributed by atoms with Gasteiger partial charge in [0.15, 0.2) is 0 Å². The molecular weight excluding hydrogens is 306 g/mol. The zero-order chi connectivity index (χ0) is 16.9. The largest absolute Gasteiger partial charge is 0.467 e. The molecular formula is C18H21N3O3. The highest BCUT2D eigenvalue weighted by molar-refractivity contribution is 5.94. The van der Waals surface area contributed by atoms with Crippen LogP contribution in [-0.2, 0) is 11.3 Å². The summed E-state index contributed by atoms with van der Waals surface area (Å²) in [6.07, 6.45) is 3.06. The molecule has 0 saturated carbocycles. The second kappa shape index (κ2) is 7.21. The number of urea groups is 1. The van der Waals surface area contributed by atoms with Crippen molar-refractivity contribution in [1.82, 2.24) is 10.2 Å². The molecule has 6 heteroatoms. The number of carbonyl (C=O) groups is 2. The van der Waals surface area contributed by atoms with Crippen LogP contribution >= 0.6 is 0 Å². The predicted octanol–water partition coefficient (Wildman–Crippen LogP) is 2.90. The molecule has 24 heavy (non-hydrogen) atoms. The molecule has 3 rings (SSSR count). The Morgan fingerprint density at radius 2 is 2.17 bits per heavy atom. The molecule has 1 saturated heterocycles. The molecule has 3 amide bonds. The molecule has 6 nitrogen and oxygen atoms in total. The molecule has 0 spiro atoms. The van der Waals surface area contributed by atoms with Crippen LogP contribution < -0.4 is 10.6 Å². The van der Waals surface area contributed by atoms with Gasteiger partial charge in [-0.2, -0.15) is 0 Å². The fourth-order valence-corrected chi connectivity index (χ4v) is 2.91. The third kappa shape index (κ3) is 3.76. The van der Waals surface area contributed by atoms with Crippen molar-refractivity contribution in [2.75, 3.05) is 11.9 Å². The first kappa shape index (κ1) is 16.1. The van der Waals surface area contributed by atoms with Crippen LogP contribution in [0.2, 0.25) is 0 Å². The van der Waals surface area contributed by atoms with Gasteiger partial charge in [0.1, 0.15) is 11.8 Å². The molecule has 1 aliphatic rings. The molecule has 2 heterocycles. The maximum atomic E-state index is 12.5. The zero-order valence-electron chi connectivity index (χ0n) is 13.6. The quantitative estimate of drug-likeness (QED) is 0.907. The number of amides is 3. The van der Waals surface area contributed by atoms with Gasteiger partial charge in [0.25, 0.3) is 0 Å². The Labute approximate surface area is 140 Å². The van der Waals surface area contributed by atoms with E-state index in [9.17, 15) is 9.59 Å². The number of aryl methyl sites for hydroxylation is 1. The summed E-state index contributed by atoms with van der Waals surface area (Å²) in [6.45, 7) is 2.88. The summed E-state index contributed by atoms with van der Waals surface area (Å²) < 4.78 is 5.20. The van der Waals surface area contributed by atoms with Gasteiger partial charge in [-0.3, -0.25) is 4.79 Å². The Morgan fingerprint density at radius 1 is 1.29 bits per heavy atom. The lowest BCUT2D eigenvalue weighted by molar-refractivity contribution is -0.124.